The van der Waals surface area contributed by atoms with Crippen molar-refractivity contribution in [3.8, 4) is 0 Å². The van der Waals surface area contributed by atoms with Gasteiger partial charge in [0.25, 0.3) is 5.91 Å². The molecule has 2 N–H and O–H groups in total. The topological polar surface area (TPSA) is 52.6 Å². The second-order valence-corrected chi connectivity index (χ2v) is 9.98. The van der Waals surface area contributed by atoms with Crippen LogP contribution in [0.2, 0.25) is 0 Å². The van der Waals surface area contributed by atoms with Crippen LogP contribution in [0.15, 0.2) is 54.6 Å². The Balaban J connectivity index is 1.24. The van der Waals surface area contributed by atoms with E-state index in [0.717, 1.165) is 44.3 Å². The summed E-state index contributed by atoms with van der Waals surface area (Å²) < 4.78 is 0. The first-order valence-electron chi connectivity index (χ1n) is 11.9. The molecule has 0 spiro atoms. The second kappa shape index (κ2) is 8.07. The molecule has 3 fully saturated rings. The molecule has 4 heteroatoms. The lowest BCUT2D eigenvalue weighted by atomic mass is 9.79. The number of aliphatic hydroxyl groups is 1. The van der Waals surface area contributed by atoms with Crippen LogP contribution in [0.1, 0.15) is 55.3 Å². The van der Waals surface area contributed by atoms with E-state index >= 15 is 0 Å². The summed E-state index contributed by atoms with van der Waals surface area (Å²) in [6.45, 7) is 6.42. The summed E-state index contributed by atoms with van der Waals surface area (Å²) in [7, 11) is 0. The Labute approximate surface area is 185 Å². The van der Waals surface area contributed by atoms with Crippen LogP contribution in [-0.4, -0.2) is 35.0 Å². The van der Waals surface area contributed by atoms with Gasteiger partial charge < -0.3 is 10.4 Å². The predicted octanol–water partition coefficient (Wildman–Crippen LogP) is 4.18. The maximum atomic E-state index is 13.4. The SMILES string of the molecule is Cc1ccc(C(C)N2CC3[C@H](C2)[C@H]3NC(=O)C(O)(c2ccccc2)C2CCCC2)cc1. The fraction of sp³-hybridized carbons (Fsp3) is 0.519. The van der Waals surface area contributed by atoms with E-state index in [2.05, 4.69) is 48.3 Å². The van der Waals surface area contributed by atoms with Gasteiger partial charge in [0.1, 0.15) is 0 Å². The molecule has 0 bridgehead atoms. The highest BCUT2D eigenvalue weighted by atomic mass is 16.3. The Morgan fingerprint density at radius 2 is 1.65 bits per heavy atom. The van der Waals surface area contributed by atoms with Crippen molar-refractivity contribution in [1.29, 1.82) is 0 Å². The van der Waals surface area contributed by atoms with Crippen molar-refractivity contribution in [2.75, 3.05) is 13.1 Å². The standard InChI is InChI=1S/C27H34N2O2/c1-18-12-14-20(15-13-18)19(2)29-16-23-24(17-29)25(23)28-26(30)27(31,22-10-6-7-11-22)21-8-4-3-5-9-21/h3-5,8-9,12-15,19,22-25,31H,6-7,10-11,16-17H2,1-2H3,(H,28,30)/t19?,23-,24?,25+,27?/m0/s1. The van der Waals surface area contributed by atoms with Crippen LogP contribution in [0.5, 0.6) is 0 Å². The summed E-state index contributed by atoms with van der Waals surface area (Å²) in [6.07, 6.45) is 4.01. The molecule has 2 aromatic rings. The van der Waals surface area contributed by atoms with E-state index < -0.39 is 5.60 Å². The number of carbonyl (C=O) groups is 1. The molecule has 4 nitrogen and oxygen atoms in total. The Morgan fingerprint density at radius 3 is 2.26 bits per heavy atom. The van der Waals surface area contributed by atoms with E-state index in [1.807, 2.05) is 30.3 Å². The highest BCUT2D eigenvalue weighted by molar-refractivity contribution is 5.87. The first kappa shape index (κ1) is 20.7. The van der Waals surface area contributed by atoms with Gasteiger partial charge in [0, 0.05) is 31.1 Å². The van der Waals surface area contributed by atoms with Gasteiger partial charge in [0.15, 0.2) is 5.60 Å². The Hall–Kier alpha value is -2.17. The number of nitrogens with one attached hydrogen (secondary N) is 1. The molecule has 164 valence electrons. The van der Waals surface area contributed by atoms with Crippen LogP contribution in [0.25, 0.3) is 0 Å². The number of likely N-dealkylation sites (tertiary alicyclic amines) is 1. The maximum Gasteiger partial charge on any atom is 0.257 e. The smallest absolute Gasteiger partial charge is 0.257 e. The Morgan fingerprint density at radius 1 is 1.03 bits per heavy atom. The molecule has 2 aliphatic carbocycles. The largest absolute Gasteiger partial charge is 0.375 e. The number of nitrogens with zero attached hydrogens (tertiary/aromatic N) is 1. The van der Waals surface area contributed by atoms with Gasteiger partial charge >= 0.3 is 0 Å². The number of hydrogen-bond acceptors (Lipinski definition) is 3. The van der Waals surface area contributed by atoms with Crippen molar-refractivity contribution in [2.24, 2.45) is 17.8 Å². The summed E-state index contributed by atoms with van der Waals surface area (Å²) in [5.41, 5.74) is 1.96. The van der Waals surface area contributed by atoms with Gasteiger partial charge in [0.05, 0.1) is 0 Å². The highest BCUT2D eigenvalue weighted by Gasteiger charge is 2.59. The highest BCUT2D eigenvalue weighted by Crippen LogP contribution is 2.49. The minimum Gasteiger partial charge on any atom is -0.375 e. The molecule has 1 amide bonds. The van der Waals surface area contributed by atoms with Gasteiger partial charge in [-0.25, -0.2) is 0 Å². The van der Waals surface area contributed by atoms with E-state index in [-0.39, 0.29) is 17.9 Å². The van der Waals surface area contributed by atoms with Crippen LogP contribution in [0.3, 0.4) is 0 Å². The number of hydrogen-bond donors (Lipinski definition) is 2. The molecule has 2 aromatic carbocycles. The normalized spacial score (nSPS) is 28.7. The molecule has 1 saturated heterocycles. The fourth-order valence-electron chi connectivity index (χ4n) is 5.99. The van der Waals surface area contributed by atoms with Gasteiger partial charge in [-0.3, -0.25) is 9.69 Å². The molecule has 0 aromatic heterocycles. The molecule has 0 radical (unpaired) electrons. The Kier molecular flexibility index (Phi) is 5.39. The van der Waals surface area contributed by atoms with Gasteiger partial charge in [-0.15, -0.1) is 0 Å². The summed E-state index contributed by atoms with van der Waals surface area (Å²) in [5.74, 6) is 0.815. The van der Waals surface area contributed by atoms with E-state index in [1.165, 1.54) is 11.1 Å². The lowest BCUT2D eigenvalue weighted by Gasteiger charge is -2.34. The zero-order valence-corrected chi connectivity index (χ0v) is 18.6. The summed E-state index contributed by atoms with van der Waals surface area (Å²) >= 11 is 0. The van der Waals surface area contributed by atoms with Gasteiger partial charge in [0.2, 0.25) is 0 Å². The molecule has 1 aliphatic heterocycles. The van der Waals surface area contributed by atoms with Crippen LogP contribution in [-0.2, 0) is 10.4 Å². The van der Waals surface area contributed by atoms with Crippen molar-refractivity contribution < 1.29 is 9.90 Å². The van der Waals surface area contributed by atoms with E-state index in [0.29, 0.717) is 17.9 Å². The molecular weight excluding hydrogens is 384 g/mol. The summed E-state index contributed by atoms with van der Waals surface area (Å²) in [5, 5.41) is 14.9. The average Bonchev–Trinajstić information content (AvgIpc) is 3.21. The van der Waals surface area contributed by atoms with Gasteiger partial charge in [-0.05, 0) is 49.7 Å². The van der Waals surface area contributed by atoms with E-state index in [1.54, 1.807) is 0 Å². The number of carbonyl (C=O) groups excluding carboxylic acids is 1. The quantitative estimate of drug-likeness (QED) is 0.740. The third-order valence-electron chi connectivity index (χ3n) is 8.13. The van der Waals surface area contributed by atoms with Gasteiger partial charge in [-0.1, -0.05) is 73.0 Å². The van der Waals surface area contributed by atoms with E-state index in [9.17, 15) is 9.90 Å². The van der Waals surface area contributed by atoms with Crippen molar-refractivity contribution in [2.45, 2.75) is 57.2 Å². The molecule has 3 aliphatic rings. The van der Waals surface area contributed by atoms with Crippen molar-refractivity contribution in [3.05, 3.63) is 71.3 Å². The Bertz CT molecular complexity index is 910. The summed E-state index contributed by atoms with van der Waals surface area (Å²) in [6, 6.07) is 19.0. The van der Waals surface area contributed by atoms with Crippen LogP contribution >= 0.6 is 0 Å². The molecular formula is C27H34N2O2. The number of aryl methyl sites for hydroxylation is 1. The molecule has 1 heterocycles. The van der Waals surface area contributed by atoms with Crippen molar-refractivity contribution in [3.63, 3.8) is 0 Å². The minimum absolute atomic E-state index is 0.00606. The molecule has 31 heavy (non-hydrogen) atoms. The van der Waals surface area contributed by atoms with Crippen LogP contribution in [0, 0.1) is 24.7 Å². The molecule has 5 rings (SSSR count). The monoisotopic (exact) mass is 418 g/mol. The maximum absolute atomic E-state index is 13.4. The van der Waals surface area contributed by atoms with Crippen LogP contribution in [0.4, 0.5) is 0 Å². The first-order chi connectivity index (χ1) is 15.0. The molecule has 5 atom stereocenters. The van der Waals surface area contributed by atoms with Crippen molar-refractivity contribution in [1.82, 2.24) is 10.2 Å². The van der Waals surface area contributed by atoms with Crippen LogP contribution < -0.4 is 5.32 Å². The second-order valence-electron chi connectivity index (χ2n) is 9.98. The van der Waals surface area contributed by atoms with E-state index in [4.69, 9.17) is 0 Å². The molecule has 2 saturated carbocycles. The molecule has 3 unspecified atom stereocenters. The number of fused-ring (bicyclic) bond motifs is 1. The lowest BCUT2D eigenvalue weighted by molar-refractivity contribution is -0.147. The van der Waals surface area contributed by atoms with Gasteiger partial charge in [-0.2, -0.15) is 0 Å². The predicted molar refractivity (Wildman–Crippen MR) is 122 cm³/mol. The third-order valence-corrected chi connectivity index (χ3v) is 8.13. The lowest BCUT2D eigenvalue weighted by Crippen LogP contribution is -2.51. The number of rotatable bonds is 6. The average molecular weight is 419 g/mol. The number of amides is 1. The zero-order valence-electron chi connectivity index (χ0n) is 18.6. The fourth-order valence-corrected chi connectivity index (χ4v) is 5.99. The minimum atomic E-state index is -1.41. The third kappa shape index (κ3) is 3.70. The first-order valence-corrected chi connectivity index (χ1v) is 11.9. The number of benzene rings is 2. The summed E-state index contributed by atoms with van der Waals surface area (Å²) in [4.78, 5) is 16.0. The zero-order chi connectivity index (χ0) is 21.6. The van der Waals surface area contributed by atoms with Crippen molar-refractivity contribution >= 4 is 5.91 Å². The number of piperidine rings is 1.